The van der Waals surface area contributed by atoms with Gasteiger partial charge in [-0.3, -0.25) is 15.0 Å². The average molecular weight is 603 g/mol. The van der Waals surface area contributed by atoms with Crippen LogP contribution in [0.15, 0.2) is 4.99 Å². The minimum absolute atomic E-state index is 0.00311. The number of esters is 1. The lowest BCUT2D eigenvalue weighted by molar-refractivity contribution is -0.215. The summed E-state index contributed by atoms with van der Waals surface area (Å²) >= 11 is 0. The fourth-order valence-electron chi connectivity index (χ4n) is 10.8. The second-order valence-electron chi connectivity index (χ2n) is 16.3. The second kappa shape index (κ2) is 10.9. The number of fused-ring (bicyclic) bond motifs is 1. The molecule has 6 aliphatic rings. The highest BCUT2D eigenvalue weighted by molar-refractivity contribution is 5.79. The van der Waals surface area contributed by atoms with Crippen molar-refractivity contribution in [3.63, 3.8) is 0 Å². The topological polar surface area (TPSA) is 105 Å². The van der Waals surface area contributed by atoms with Gasteiger partial charge in [0.25, 0.3) is 0 Å². The van der Waals surface area contributed by atoms with E-state index >= 15 is 0 Å². The molecule has 3 N–H and O–H groups in total. The SMILES string of the molecule is CC[C@]1(C)CC[C@@]23C[C@@]24CC[C@H](OC2=NCNC2)C(C)(C)N4CC[C@H]3NCC2OC([C@H](OC(C)=O)C(C)(C)O)C[C@@H](C)C21. The Morgan fingerprint density at radius 3 is 2.65 bits per heavy atom. The zero-order chi connectivity index (χ0) is 31.0. The summed E-state index contributed by atoms with van der Waals surface area (Å²) in [5, 5.41) is 18.4. The number of piperidine rings is 2. The average Bonchev–Trinajstić information content (AvgIpc) is 3.29. The number of carbonyl (C=O) groups is 1. The van der Waals surface area contributed by atoms with Crippen LogP contribution in [0.4, 0.5) is 0 Å². The number of hydrogen-bond acceptors (Lipinski definition) is 9. The number of carbonyl (C=O) groups excluding carboxylic acids is 1. The number of hydrogen-bond donors (Lipinski definition) is 3. The van der Waals surface area contributed by atoms with Gasteiger partial charge in [0.15, 0.2) is 12.0 Å². The van der Waals surface area contributed by atoms with Crippen molar-refractivity contribution in [1.29, 1.82) is 0 Å². The molecule has 1 saturated carbocycles. The van der Waals surface area contributed by atoms with E-state index in [9.17, 15) is 9.90 Å². The van der Waals surface area contributed by atoms with Crippen molar-refractivity contribution in [1.82, 2.24) is 15.5 Å². The van der Waals surface area contributed by atoms with E-state index in [0.717, 1.165) is 51.2 Å². The van der Waals surface area contributed by atoms with Crippen molar-refractivity contribution in [2.45, 2.75) is 154 Å². The van der Waals surface area contributed by atoms with Gasteiger partial charge in [-0.1, -0.05) is 27.2 Å². The van der Waals surface area contributed by atoms with E-state index in [1.54, 1.807) is 13.8 Å². The van der Waals surface area contributed by atoms with Gasteiger partial charge in [-0.05, 0) is 89.9 Å². The van der Waals surface area contributed by atoms with Gasteiger partial charge >= 0.3 is 5.97 Å². The Morgan fingerprint density at radius 2 is 2.00 bits per heavy atom. The summed E-state index contributed by atoms with van der Waals surface area (Å²) < 4.78 is 19.2. The fourth-order valence-corrected chi connectivity index (χ4v) is 10.8. The highest BCUT2D eigenvalue weighted by atomic mass is 16.6. The van der Waals surface area contributed by atoms with E-state index in [1.165, 1.54) is 32.6 Å². The molecular weight excluding hydrogens is 544 g/mol. The Bertz CT molecular complexity index is 1110. The van der Waals surface area contributed by atoms with Crippen LogP contribution in [0.2, 0.25) is 0 Å². The molecule has 0 aromatic rings. The largest absolute Gasteiger partial charge is 0.475 e. The predicted molar refractivity (Wildman–Crippen MR) is 167 cm³/mol. The van der Waals surface area contributed by atoms with Crippen molar-refractivity contribution < 1.29 is 24.1 Å². The van der Waals surface area contributed by atoms with E-state index in [4.69, 9.17) is 14.2 Å². The Morgan fingerprint density at radius 1 is 1.23 bits per heavy atom. The highest BCUT2D eigenvalue weighted by Gasteiger charge is 2.77. The molecule has 43 heavy (non-hydrogen) atoms. The van der Waals surface area contributed by atoms with Gasteiger partial charge in [0, 0.05) is 37.0 Å². The van der Waals surface area contributed by atoms with Crippen LogP contribution < -0.4 is 10.6 Å². The molecule has 9 heteroatoms. The quantitative estimate of drug-likeness (QED) is 0.406. The number of aliphatic imine (C=N–C) groups is 1. The molecule has 0 amide bonds. The number of nitrogens with one attached hydrogen (secondary N) is 2. The Balaban J connectivity index is 1.26. The van der Waals surface area contributed by atoms with Crippen LogP contribution in [0.25, 0.3) is 0 Å². The molecule has 3 unspecified atom stereocenters. The lowest BCUT2D eigenvalue weighted by Crippen LogP contribution is -2.68. The Kier molecular flexibility index (Phi) is 8.06. The van der Waals surface area contributed by atoms with Gasteiger partial charge in [-0.25, -0.2) is 4.99 Å². The molecule has 0 radical (unpaired) electrons. The summed E-state index contributed by atoms with van der Waals surface area (Å²) in [6.45, 7) is 20.2. The zero-order valence-electron chi connectivity index (χ0n) is 28.0. The number of rotatable bonds is 5. The van der Waals surface area contributed by atoms with E-state index in [-0.39, 0.29) is 46.2 Å². The molecule has 6 rings (SSSR count). The van der Waals surface area contributed by atoms with Gasteiger partial charge in [-0.2, -0.15) is 0 Å². The minimum Gasteiger partial charge on any atom is -0.475 e. The van der Waals surface area contributed by atoms with Crippen LogP contribution in [-0.2, 0) is 19.0 Å². The summed E-state index contributed by atoms with van der Waals surface area (Å²) in [6, 6.07) is 0.457. The first-order valence-electron chi connectivity index (χ1n) is 17.1. The summed E-state index contributed by atoms with van der Waals surface area (Å²) in [7, 11) is 0. The molecule has 1 aliphatic carbocycles. The molecule has 0 aromatic carbocycles. The molecule has 244 valence electrons. The molecule has 2 spiro atoms. The number of aliphatic hydroxyl groups is 1. The first-order chi connectivity index (χ1) is 20.2. The van der Waals surface area contributed by atoms with Gasteiger partial charge in [0.1, 0.15) is 6.10 Å². The number of nitrogens with zero attached hydrogens (tertiary/aromatic N) is 2. The monoisotopic (exact) mass is 602 g/mol. The maximum atomic E-state index is 12.0. The normalized spacial score (nSPS) is 45.1. The standard InChI is InChI=1S/C34H58N4O5/c1-9-32(8)13-14-33-19-34(33)12-10-26(43-27-18-35-20-37-27)30(4,5)38(34)15-11-25(33)36-17-24-28(32)21(2)16-23(42-24)29(31(6,7)40)41-22(3)39/h21,23-26,28-29,35-36,40H,9-20H2,1-8H3/t21-,23?,24?,25-,26+,28?,29+,32-,33+,34+/m1/s1. The molecular formula is C34H58N4O5. The van der Waals surface area contributed by atoms with Crippen molar-refractivity contribution in [3.8, 4) is 0 Å². The van der Waals surface area contributed by atoms with Crippen molar-refractivity contribution in [2.75, 3.05) is 26.3 Å². The Labute approximate surface area is 259 Å². The fraction of sp³-hybridized carbons (Fsp3) is 0.941. The summed E-state index contributed by atoms with van der Waals surface area (Å²) in [5.41, 5.74) is -0.605. The van der Waals surface area contributed by atoms with Crippen LogP contribution in [0.1, 0.15) is 107 Å². The molecule has 4 saturated heterocycles. The second-order valence-corrected chi connectivity index (χ2v) is 16.3. The van der Waals surface area contributed by atoms with Crippen molar-refractivity contribution >= 4 is 11.9 Å². The maximum absolute atomic E-state index is 12.0. The molecule has 5 fully saturated rings. The summed E-state index contributed by atoms with van der Waals surface area (Å²) in [5.74, 6) is 1.27. The molecule has 5 aliphatic heterocycles. The van der Waals surface area contributed by atoms with Crippen LogP contribution in [0.5, 0.6) is 0 Å². The predicted octanol–water partition coefficient (Wildman–Crippen LogP) is 4.02. The van der Waals surface area contributed by atoms with Crippen LogP contribution in [0, 0.1) is 22.7 Å². The third kappa shape index (κ3) is 5.17. The van der Waals surface area contributed by atoms with Crippen molar-refractivity contribution in [3.05, 3.63) is 0 Å². The van der Waals surface area contributed by atoms with E-state index in [0.29, 0.717) is 24.5 Å². The van der Waals surface area contributed by atoms with Crippen LogP contribution in [0.3, 0.4) is 0 Å². The first-order valence-corrected chi connectivity index (χ1v) is 17.1. The Hall–Kier alpha value is -1.26. The molecule has 0 aromatic heterocycles. The van der Waals surface area contributed by atoms with Gasteiger partial charge < -0.3 is 24.6 Å². The zero-order valence-corrected chi connectivity index (χ0v) is 28.0. The van der Waals surface area contributed by atoms with E-state index in [1.807, 2.05) is 0 Å². The van der Waals surface area contributed by atoms with Crippen LogP contribution >= 0.6 is 0 Å². The summed E-state index contributed by atoms with van der Waals surface area (Å²) in [6.07, 6.45) is 8.10. The molecule has 5 heterocycles. The maximum Gasteiger partial charge on any atom is 0.303 e. The first kappa shape index (κ1) is 31.7. The molecule has 9 nitrogen and oxygen atoms in total. The summed E-state index contributed by atoms with van der Waals surface area (Å²) in [4.78, 5) is 19.4. The van der Waals surface area contributed by atoms with Gasteiger partial charge in [0.2, 0.25) is 0 Å². The van der Waals surface area contributed by atoms with E-state index < -0.39 is 11.7 Å². The molecule has 0 bridgehead atoms. The third-order valence-electron chi connectivity index (χ3n) is 13.1. The van der Waals surface area contributed by atoms with Crippen LogP contribution in [-0.4, -0.2) is 95.3 Å². The van der Waals surface area contributed by atoms with Crippen molar-refractivity contribution in [2.24, 2.45) is 27.7 Å². The number of ether oxygens (including phenoxy) is 3. The smallest absolute Gasteiger partial charge is 0.303 e. The third-order valence-corrected chi connectivity index (χ3v) is 13.1. The van der Waals surface area contributed by atoms with Gasteiger partial charge in [0.05, 0.1) is 36.6 Å². The minimum atomic E-state index is -1.18. The van der Waals surface area contributed by atoms with E-state index in [2.05, 4.69) is 55.1 Å². The lowest BCUT2D eigenvalue weighted by Gasteiger charge is -2.57. The van der Waals surface area contributed by atoms with Gasteiger partial charge in [-0.15, -0.1) is 0 Å². The molecule has 10 atom stereocenters. The lowest BCUT2D eigenvalue weighted by atomic mass is 9.61. The highest BCUT2D eigenvalue weighted by Crippen LogP contribution is 2.73.